The molecule has 154 valence electrons. The van der Waals surface area contributed by atoms with E-state index in [4.69, 9.17) is 14.2 Å². The number of rotatable bonds is 4. The maximum atomic E-state index is 6.82. The Morgan fingerprint density at radius 2 is 1.83 bits per heavy atom. The second kappa shape index (κ2) is 7.48. The zero-order chi connectivity index (χ0) is 20.7. The average Bonchev–Trinajstić information content (AvgIpc) is 3.16. The molecule has 3 heteroatoms. The molecular formula is C27H28O3. The Hall–Kier alpha value is -2.78. The van der Waals surface area contributed by atoms with Crippen molar-refractivity contribution in [3.05, 3.63) is 82.9 Å². The Morgan fingerprint density at radius 1 is 1.00 bits per heavy atom. The molecule has 2 aliphatic rings. The number of fused-ring (bicyclic) bond motifs is 4. The van der Waals surface area contributed by atoms with Crippen molar-refractivity contribution in [2.45, 2.75) is 51.4 Å². The van der Waals surface area contributed by atoms with E-state index in [0.29, 0.717) is 6.61 Å². The van der Waals surface area contributed by atoms with E-state index in [1.54, 1.807) is 7.11 Å². The summed E-state index contributed by atoms with van der Waals surface area (Å²) < 4.78 is 19.0. The highest BCUT2D eigenvalue weighted by atomic mass is 16.6. The molecule has 0 saturated heterocycles. The summed E-state index contributed by atoms with van der Waals surface area (Å²) in [6, 6.07) is 21.3. The van der Waals surface area contributed by atoms with Gasteiger partial charge in [-0.15, -0.1) is 0 Å². The first-order valence-electron chi connectivity index (χ1n) is 10.8. The third-order valence-corrected chi connectivity index (χ3v) is 6.54. The van der Waals surface area contributed by atoms with Crippen LogP contribution in [-0.2, 0) is 16.9 Å². The molecule has 0 bridgehead atoms. The molecule has 30 heavy (non-hydrogen) atoms. The minimum absolute atomic E-state index is 0.00155. The highest BCUT2D eigenvalue weighted by molar-refractivity contribution is 5.79. The molecule has 3 aromatic rings. The van der Waals surface area contributed by atoms with Gasteiger partial charge < -0.3 is 14.2 Å². The van der Waals surface area contributed by atoms with Gasteiger partial charge in [0.25, 0.3) is 0 Å². The lowest BCUT2D eigenvalue weighted by Gasteiger charge is -2.42. The fourth-order valence-electron chi connectivity index (χ4n) is 5.03. The van der Waals surface area contributed by atoms with Gasteiger partial charge in [0.05, 0.1) is 13.7 Å². The van der Waals surface area contributed by atoms with Crippen molar-refractivity contribution >= 4 is 0 Å². The van der Waals surface area contributed by atoms with E-state index in [9.17, 15) is 0 Å². The van der Waals surface area contributed by atoms with E-state index in [1.165, 1.54) is 22.3 Å². The summed E-state index contributed by atoms with van der Waals surface area (Å²) in [5.41, 5.74) is 6.68. The zero-order valence-electron chi connectivity index (χ0n) is 17.9. The van der Waals surface area contributed by atoms with Crippen molar-refractivity contribution in [2.24, 2.45) is 0 Å². The molecule has 1 fully saturated rings. The number of aryl methyl sites for hydroxylation is 2. The van der Waals surface area contributed by atoms with Crippen LogP contribution in [0.5, 0.6) is 11.5 Å². The van der Waals surface area contributed by atoms with Crippen LogP contribution in [0, 0.1) is 13.8 Å². The molecule has 1 aliphatic carbocycles. The van der Waals surface area contributed by atoms with Gasteiger partial charge in [0, 0.05) is 11.1 Å². The van der Waals surface area contributed by atoms with E-state index in [2.05, 4.69) is 68.4 Å². The largest absolute Gasteiger partial charge is 0.496 e. The number of benzene rings is 3. The lowest BCUT2D eigenvalue weighted by Crippen LogP contribution is -2.44. The Balaban J connectivity index is 1.60. The smallest absolute Gasteiger partial charge is 0.161 e. The molecule has 2 atom stereocenters. The van der Waals surface area contributed by atoms with E-state index in [-0.39, 0.29) is 6.10 Å². The van der Waals surface area contributed by atoms with Gasteiger partial charge in [-0.05, 0) is 74.1 Å². The lowest BCUT2D eigenvalue weighted by atomic mass is 9.80. The van der Waals surface area contributed by atoms with E-state index >= 15 is 0 Å². The summed E-state index contributed by atoms with van der Waals surface area (Å²) in [4.78, 5) is 0. The monoisotopic (exact) mass is 400 g/mol. The predicted molar refractivity (Wildman–Crippen MR) is 119 cm³/mol. The van der Waals surface area contributed by atoms with Gasteiger partial charge in [-0.1, -0.05) is 42.0 Å². The molecule has 0 N–H and O–H groups in total. The third-order valence-electron chi connectivity index (χ3n) is 6.54. The van der Waals surface area contributed by atoms with Crippen molar-refractivity contribution in [3.8, 4) is 22.6 Å². The molecule has 1 spiro atoms. The average molecular weight is 401 g/mol. The Morgan fingerprint density at radius 3 is 2.63 bits per heavy atom. The molecule has 1 saturated carbocycles. The SMILES string of the molecule is COc1cc2c(cc1C)-c1cc(C)ccc1OC21CCCC1OCc1ccccc1. The summed E-state index contributed by atoms with van der Waals surface area (Å²) >= 11 is 0. The number of hydrogen-bond acceptors (Lipinski definition) is 3. The molecule has 0 aromatic heterocycles. The standard InChI is InChI=1S/C27H28O3/c1-18-11-12-24-22(14-18)21-15-19(2)25(28-3)16-23(21)27(30-24)13-7-10-26(27)29-17-20-8-5-4-6-9-20/h4-6,8-9,11-12,14-16,26H,7,10,13,17H2,1-3H3. The Bertz CT molecular complexity index is 1070. The van der Waals surface area contributed by atoms with Crippen LogP contribution in [0.1, 0.15) is 41.5 Å². The van der Waals surface area contributed by atoms with Crippen molar-refractivity contribution in [1.82, 2.24) is 0 Å². The summed E-state index contributed by atoms with van der Waals surface area (Å²) in [5.74, 6) is 1.86. The summed E-state index contributed by atoms with van der Waals surface area (Å²) in [6.45, 7) is 4.83. The van der Waals surface area contributed by atoms with Crippen LogP contribution in [0.3, 0.4) is 0 Å². The maximum absolute atomic E-state index is 6.82. The molecule has 3 nitrogen and oxygen atoms in total. The Labute approximate surface area is 178 Å². The van der Waals surface area contributed by atoms with Crippen LogP contribution in [0.2, 0.25) is 0 Å². The molecule has 3 aromatic carbocycles. The number of hydrogen-bond donors (Lipinski definition) is 0. The normalized spacial score (nSPS) is 21.8. The minimum Gasteiger partial charge on any atom is -0.496 e. The fourth-order valence-corrected chi connectivity index (χ4v) is 5.03. The van der Waals surface area contributed by atoms with Gasteiger partial charge in [-0.3, -0.25) is 0 Å². The zero-order valence-corrected chi connectivity index (χ0v) is 17.9. The molecule has 0 radical (unpaired) electrons. The van der Waals surface area contributed by atoms with Crippen molar-refractivity contribution in [3.63, 3.8) is 0 Å². The van der Waals surface area contributed by atoms with Gasteiger partial charge in [0.2, 0.25) is 0 Å². The first kappa shape index (κ1) is 19.2. The van der Waals surface area contributed by atoms with Crippen LogP contribution in [0.25, 0.3) is 11.1 Å². The molecule has 0 amide bonds. The van der Waals surface area contributed by atoms with Crippen LogP contribution in [-0.4, -0.2) is 13.2 Å². The van der Waals surface area contributed by atoms with Gasteiger partial charge in [0.1, 0.15) is 17.6 Å². The van der Waals surface area contributed by atoms with Gasteiger partial charge in [-0.2, -0.15) is 0 Å². The first-order chi connectivity index (χ1) is 14.6. The molecule has 5 rings (SSSR count). The third kappa shape index (κ3) is 3.09. The highest BCUT2D eigenvalue weighted by Gasteiger charge is 2.51. The second-order valence-electron chi connectivity index (χ2n) is 8.54. The summed E-state index contributed by atoms with van der Waals surface area (Å²) in [6.07, 6.45) is 3.01. The van der Waals surface area contributed by atoms with Crippen molar-refractivity contribution < 1.29 is 14.2 Å². The van der Waals surface area contributed by atoms with Crippen molar-refractivity contribution in [1.29, 1.82) is 0 Å². The van der Waals surface area contributed by atoms with Gasteiger partial charge in [0.15, 0.2) is 5.60 Å². The topological polar surface area (TPSA) is 27.7 Å². The van der Waals surface area contributed by atoms with Crippen LogP contribution < -0.4 is 9.47 Å². The maximum Gasteiger partial charge on any atom is 0.161 e. The van der Waals surface area contributed by atoms with Gasteiger partial charge >= 0.3 is 0 Å². The Kier molecular flexibility index (Phi) is 4.79. The fraction of sp³-hybridized carbons (Fsp3) is 0.333. The van der Waals surface area contributed by atoms with Gasteiger partial charge in [-0.25, -0.2) is 0 Å². The summed E-state index contributed by atoms with van der Waals surface area (Å²) in [7, 11) is 1.74. The van der Waals surface area contributed by atoms with Crippen molar-refractivity contribution in [2.75, 3.05) is 7.11 Å². The first-order valence-corrected chi connectivity index (χ1v) is 10.8. The van der Waals surface area contributed by atoms with E-state index in [1.807, 2.05) is 6.07 Å². The van der Waals surface area contributed by atoms with Crippen LogP contribution in [0.4, 0.5) is 0 Å². The van der Waals surface area contributed by atoms with E-state index in [0.717, 1.165) is 41.9 Å². The second-order valence-corrected chi connectivity index (χ2v) is 8.54. The number of methoxy groups -OCH3 is 1. The van der Waals surface area contributed by atoms with E-state index < -0.39 is 5.60 Å². The van der Waals surface area contributed by atoms with Crippen LogP contribution >= 0.6 is 0 Å². The minimum atomic E-state index is -0.479. The highest BCUT2D eigenvalue weighted by Crippen LogP contribution is 2.54. The molecule has 1 aliphatic heterocycles. The molecule has 1 heterocycles. The molecular weight excluding hydrogens is 372 g/mol. The predicted octanol–water partition coefficient (Wildman–Crippen LogP) is 6.34. The van der Waals surface area contributed by atoms with Crippen LogP contribution in [0.15, 0.2) is 60.7 Å². The quantitative estimate of drug-likeness (QED) is 0.512. The molecule has 2 unspecified atom stereocenters. The lowest BCUT2D eigenvalue weighted by molar-refractivity contribution is -0.0862. The summed E-state index contributed by atoms with van der Waals surface area (Å²) in [5, 5.41) is 0. The number of ether oxygens (including phenoxy) is 3.